The van der Waals surface area contributed by atoms with Crippen LogP contribution in [-0.4, -0.2) is 22.9 Å². The molecule has 132 valence electrons. The number of hydrogen-bond acceptors (Lipinski definition) is 3. The number of likely N-dealkylation sites (tertiary alicyclic amines) is 1. The number of piperidine rings is 1. The lowest BCUT2D eigenvalue weighted by Crippen LogP contribution is -2.40. The van der Waals surface area contributed by atoms with E-state index in [2.05, 4.69) is 29.2 Å². The van der Waals surface area contributed by atoms with Crippen molar-refractivity contribution in [3.63, 3.8) is 0 Å². The fourth-order valence-electron chi connectivity index (χ4n) is 4.40. The van der Waals surface area contributed by atoms with E-state index in [1.807, 2.05) is 12.1 Å². The Bertz CT molecular complexity index is 748. The highest BCUT2D eigenvalue weighted by Crippen LogP contribution is 2.41. The molecule has 2 atom stereocenters. The molecule has 0 radical (unpaired) electrons. The first-order valence-electron chi connectivity index (χ1n) is 8.74. The lowest BCUT2D eigenvalue weighted by molar-refractivity contribution is -0.384. The number of benzene rings is 2. The summed E-state index contributed by atoms with van der Waals surface area (Å²) in [4.78, 5) is 12.9. The van der Waals surface area contributed by atoms with Gasteiger partial charge in [0.05, 0.1) is 4.92 Å². The molecule has 0 saturated carbocycles. The Balaban J connectivity index is 0.00000182. The predicted octanol–water partition coefficient (Wildman–Crippen LogP) is 4.57. The molecule has 4 rings (SSSR count). The van der Waals surface area contributed by atoms with Gasteiger partial charge in [0, 0.05) is 25.2 Å². The van der Waals surface area contributed by atoms with Crippen molar-refractivity contribution in [1.82, 2.24) is 4.90 Å². The lowest BCUT2D eigenvalue weighted by atomic mass is 9.71. The van der Waals surface area contributed by atoms with Crippen LogP contribution in [0.25, 0.3) is 0 Å². The predicted molar refractivity (Wildman–Crippen MR) is 101 cm³/mol. The van der Waals surface area contributed by atoms with E-state index in [0.29, 0.717) is 5.92 Å². The van der Waals surface area contributed by atoms with Gasteiger partial charge in [-0.1, -0.05) is 36.4 Å². The van der Waals surface area contributed by atoms with Gasteiger partial charge in [-0.15, -0.1) is 12.4 Å². The van der Waals surface area contributed by atoms with Gasteiger partial charge >= 0.3 is 0 Å². The van der Waals surface area contributed by atoms with Gasteiger partial charge in [0.25, 0.3) is 5.69 Å². The van der Waals surface area contributed by atoms with Crippen molar-refractivity contribution in [1.29, 1.82) is 0 Å². The fourth-order valence-corrected chi connectivity index (χ4v) is 4.40. The summed E-state index contributed by atoms with van der Waals surface area (Å²) in [6.45, 7) is 3.13. The molecular formula is C20H23ClN2O2. The van der Waals surface area contributed by atoms with Gasteiger partial charge in [0.15, 0.2) is 0 Å². The normalized spacial score (nSPS) is 22.4. The SMILES string of the molecule is Cl.O=[N+]([O-])c1ccc(CN2CC[C@H]3c4ccccc4CC[C@H]3C2)cc1. The molecule has 1 heterocycles. The second kappa shape index (κ2) is 7.54. The minimum atomic E-state index is -0.339. The number of fused-ring (bicyclic) bond motifs is 3. The Kier molecular flexibility index (Phi) is 5.40. The Labute approximate surface area is 154 Å². The van der Waals surface area contributed by atoms with Crippen molar-refractivity contribution in [2.45, 2.75) is 31.7 Å². The first-order valence-corrected chi connectivity index (χ1v) is 8.74. The average molecular weight is 359 g/mol. The van der Waals surface area contributed by atoms with Gasteiger partial charge in [-0.25, -0.2) is 0 Å². The highest BCUT2D eigenvalue weighted by atomic mass is 35.5. The number of halogens is 1. The second-order valence-corrected chi connectivity index (χ2v) is 7.05. The Morgan fingerprint density at radius 3 is 2.60 bits per heavy atom. The smallest absolute Gasteiger partial charge is 0.269 e. The molecule has 0 aromatic heterocycles. The van der Waals surface area contributed by atoms with Crippen LogP contribution in [-0.2, 0) is 13.0 Å². The van der Waals surface area contributed by atoms with E-state index in [0.717, 1.165) is 31.1 Å². The number of aryl methyl sites for hydroxylation is 1. The highest BCUT2D eigenvalue weighted by Gasteiger charge is 2.34. The maximum absolute atomic E-state index is 10.8. The van der Waals surface area contributed by atoms with Crippen LogP contribution in [0.2, 0.25) is 0 Å². The zero-order valence-corrected chi connectivity index (χ0v) is 15.0. The van der Waals surface area contributed by atoms with E-state index in [-0.39, 0.29) is 23.0 Å². The van der Waals surface area contributed by atoms with Crippen LogP contribution < -0.4 is 0 Å². The molecule has 2 aromatic rings. The fraction of sp³-hybridized carbons (Fsp3) is 0.400. The lowest BCUT2D eigenvalue weighted by Gasteiger charge is -2.42. The van der Waals surface area contributed by atoms with Gasteiger partial charge in [-0.05, 0) is 54.3 Å². The average Bonchev–Trinajstić information content (AvgIpc) is 2.62. The van der Waals surface area contributed by atoms with Crippen LogP contribution in [0.5, 0.6) is 0 Å². The van der Waals surface area contributed by atoms with E-state index in [4.69, 9.17) is 0 Å². The molecule has 1 fully saturated rings. The molecule has 1 aliphatic carbocycles. The van der Waals surface area contributed by atoms with Crippen LogP contribution in [0, 0.1) is 16.0 Å². The topological polar surface area (TPSA) is 46.4 Å². The quantitative estimate of drug-likeness (QED) is 0.596. The van der Waals surface area contributed by atoms with E-state index in [1.54, 1.807) is 23.3 Å². The molecule has 0 spiro atoms. The van der Waals surface area contributed by atoms with E-state index >= 15 is 0 Å². The zero-order valence-electron chi connectivity index (χ0n) is 14.1. The van der Waals surface area contributed by atoms with Crippen molar-refractivity contribution in [2.24, 2.45) is 5.92 Å². The van der Waals surface area contributed by atoms with Crippen molar-refractivity contribution >= 4 is 18.1 Å². The standard InChI is InChI=1S/C20H22N2O2.ClH/c23-22(24)18-9-5-15(6-10-18)13-21-12-11-20-17(14-21)8-7-16-3-1-2-4-19(16)20;/h1-6,9-10,17,20H,7-8,11-14H2;1H/t17-,20+;/m0./s1. The summed E-state index contributed by atoms with van der Waals surface area (Å²) >= 11 is 0. The van der Waals surface area contributed by atoms with Crippen molar-refractivity contribution < 1.29 is 4.92 Å². The van der Waals surface area contributed by atoms with Gasteiger partial charge in [-0.3, -0.25) is 15.0 Å². The van der Waals surface area contributed by atoms with Gasteiger partial charge < -0.3 is 0 Å². The van der Waals surface area contributed by atoms with Crippen molar-refractivity contribution in [2.75, 3.05) is 13.1 Å². The van der Waals surface area contributed by atoms with Crippen LogP contribution in [0.4, 0.5) is 5.69 Å². The summed E-state index contributed by atoms with van der Waals surface area (Å²) in [5, 5.41) is 10.8. The summed E-state index contributed by atoms with van der Waals surface area (Å²) in [5.41, 5.74) is 4.45. The van der Waals surface area contributed by atoms with Crippen LogP contribution >= 0.6 is 12.4 Å². The molecule has 4 nitrogen and oxygen atoms in total. The van der Waals surface area contributed by atoms with Gasteiger partial charge in [-0.2, -0.15) is 0 Å². The van der Waals surface area contributed by atoms with E-state index in [1.165, 1.54) is 19.3 Å². The third kappa shape index (κ3) is 3.70. The number of nitrogens with zero attached hydrogens (tertiary/aromatic N) is 2. The number of hydrogen-bond donors (Lipinski definition) is 0. The number of non-ortho nitro benzene ring substituents is 1. The molecular weight excluding hydrogens is 336 g/mol. The molecule has 0 unspecified atom stereocenters. The molecule has 0 N–H and O–H groups in total. The maximum atomic E-state index is 10.8. The molecule has 1 aliphatic heterocycles. The molecule has 0 amide bonds. The third-order valence-electron chi connectivity index (χ3n) is 5.61. The van der Waals surface area contributed by atoms with Crippen LogP contribution in [0.3, 0.4) is 0 Å². The van der Waals surface area contributed by atoms with Crippen molar-refractivity contribution in [3.05, 3.63) is 75.3 Å². The number of nitro benzene ring substituents is 1. The first kappa shape index (κ1) is 17.9. The molecule has 0 bridgehead atoms. The van der Waals surface area contributed by atoms with Crippen LogP contribution in [0.1, 0.15) is 35.4 Å². The zero-order chi connectivity index (χ0) is 16.5. The summed E-state index contributed by atoms with van der Waals surface area (Å²) in [7, 11) is 0. The Morgan fingerprint density at radius 2 is 1.84 bits per heavy atom. The number of nitro groups is 1. The molecule has 25 heavy (non-hydrogen) atoms. The summed E-state index contributed by atoms with van der Waals surface area (Å²) in [5.74, 6) is 1.45. The van der Waals surface area contributed by atoms with Crippen LogP contribution in [0.15, 0.2) is 48.5 Å². The summed E-state index contributed by atoms with van der Waals surface area (Å²) in [6, 6.07) is 15.9. The maximum Gasteiger partial charge on any atom is 0.269 e. The monoisotopic (exact) mass is 358 g/mol. The molecule has 5 heteroatoms. The first-order chi connectivity index (χ1) is 11.7. The summed E-state index contributed by atoms with van der Waals surface area (Å²) < 4.78 is 0. The summed E-state index contributed by atoms with van der Waals surface area (Å²) in [6.07, 6.45) is 3.69. The van der Waals surface area contributed by atoms with E-state index in [9.17, 15) is 10.1 Å². The molecule has 2 aliphatic rings. The van der Waals surface area contributed by atoms with Gasteiger partial charge in [0.2, 0.25) is 0 Å². The number of rotatable bonds is 3. The molecule has 2 aromatic carbocycles. The highest BCUT2D eigenvalue weighted by molar-refractivity contribution is 5.85. The largest absolute Gasteiger partial charge is 0.299 e. The van der Waals surface area contributed by atoms with Gasteiger partial charge in [0.1, 0.15) is 0 Å². The molecule has 1 saturated heterocycles. The third-order valence-corrected chi connectivity index (χ3v) is 5.61. The minimum Gasteiger partial charge on any atom is -0.299 e. The van der Waals surface area contributed by atoms with Crippen molar-refractivity contribution in [3.8, 4) is 0 Å². The second-order valence-electron chi connectivity index (χ2n) is 7.05. The van der Waals surface area contributed by atoms with E-state index < -0.39 is 0 Å². The Hall–Kier alpha value is -1.91. The minimum absolute atomic E-state index is 0. The Morgan fingerprint density at radius 1 is 1.08 bits per heavy atom.